The van der Waals surface area contributed by atoms with Crippen LogP contribution in [-0.2, 0) is 11.3 Å². The number of carbonyl (C=O) groups is 2. The van der Waals surface area contributed by atoms with Crippen LogP contribution in [0.2, 0.25) is 5.02 Å². The highest BCUT2D eigenvalue weighted by Gasteiger charge is 2.37. The molecular formula is C24H29ClF2N4O2S. The van der Waals surface area contributed by atoms with Crippen LogP contribution in [-0.4, -0.2) is 34.8 Å². The van der Waals surface area contributed by atoms with Gasteiger partial charge < -0.3 is 16.0 Å². The molecule has 34 heavy (non-hydrogen) atoms. The number of rotatable bonds is 9. The van der Waals surface area contributed by atoms with Crippen LogP contribution in [0.1, 0.15) is 65.2 Å². The number of aromatic nitrogens is 1. The minimum Gasteiger partial charge on any atom is -0.379 e. The van der Waals surface area contributed by atoms with Crippen molar-refractivity contribution in [3.05, 3.63) is 44.9 Å². The van der Waals surface area contributed by atoms with Crippen molar-refractivity contribution in [2.24, 2.45) is 5.92 Å². The highest BCUT2D eigenvalue weighted by Crippen LogP contribution is 2.38. The van der Waals surface area contributed by atoms with Crippen LogP contribution in [0.15, 0.2) is 24.4 Å². The van der Waals surface area contributed by atoms with E-state index in [4.69, 9.17) is 11.6 Å². The van der Waals surface area contributed by atoms with Gasteiger partial charge in [0.2, 0.25) is 11.8 Å². The van der Waals surface area contributed by atoms with Crippen molar-refractivity contribution < 1.29 is 18.4 Å². The molecule has 184 valence electrons. The first-order chi connectivity index (χ1) is 16.2. The number of alkyl halides is 2. The summed E-state index contributed by atoms with van der Waals surface area (Å²) in [7, 11) is 0. The molecule has 0 spiro atoms. The maximum Gasteiger partial charge on any atom is 0.262 e. The number of pyridine rings is 1. The van der Waals surface area contributed by atoms with E-state index in [0.717, 1.165) is 29.1 Å². The van der Waals surface area contributed by atoms with E-state index in [-0.39, 0.29) is 36.6 Å². The van der Waals surface area contributed by atoms with Crippen LogP contribution in [0.5, 0.6) is 0 Å². The lowest BCUT2D eigenvalue weighted by molar-refractivity contribution is -0.123. The fourth-order valence-electron chi connectivity index (χ4n) is 4.12. The number of hydrogen-bond donors (Lipinski definition) is 3. The topological polar surface area (TPSA) is 83.1 Å². The Morgan fingerprint density at radius 2 is 1.97 bits per heavy atom. The Kier molecular flexibility index (Phi) is 7.72. The van der Waals surface area contributed by atoms with Crippen molar-refractivity contribution in [1.29, 1.82) is 0 Å². The van der Waals surface area contributed by atoms with Gasteiger partial charge in [0.05, 0.1) is 21.3 Å². The van der Waals surface area contributed by atoms with Crippen LogP contribution in [0, 0.1) is 12.8 Å². The Labute approximate surface area is 206 Å². The SMILES string of the molecule is Cc1ncc(Cl)cc1NCc1ccc(C(=O)N[C@@H](CC2CCC(F)(F)CC2)C(=O)NC2CC2)s1. The molecule has 2 aliphatic carbocycles. The van der Waals surface area contributed by atoms with Gasteiger partial charge in [-0.25, -0.2) is 8.78 Å². The lowest BCUT2D eigenvalue weighted by atomic mass is 9.82. The third kappa shape index (κ3) is 6.88. The fraction of sp³-hybridized carbons (Fsp3) is 0.542. The number of anilines is 1. The zero-order valence-corrected chi connectivity index (χ0v) is 20.6. The second-order valence-electron chi connectivity index (χ2n) is 9.25. The molecule has 6 nitrogen and oxygen atoms in total. The van der Waals surface area contributed by atoms with Gasteiger partial charge in [0, 0.05) is 36.5 Å². The van der Waals surface area contributed by atoms with Gasteiger partial charge in [0.1, 0.15) is 6.04 Å². The summed E-state index contributed by atoms with van der Waals surface area (Å²) in [5, 5.41) is 9.62. The molecule has 0 saturated heterocycles. The molecule has 4 rings (SSSR count). The summed E-state index contributed by atoms with van der Waals surface area (Å²) >= 11 is 7.35. The molecule has 10 heteroatoms. The van der Waals surface area contributed by atoms with E-state index in [9.17, 15) is 18.4 Å². The molecule has 2 aromatic rings. The normalized spacial score (nSPS) is 18.8. The van der Waals surface area contributed by atoms with Gasteiger partial charge in [-0.05, 0) is 63.1 Å². The molecule has 2 aromatic heterocycles. The molecule has 1 atom stereocenters. The molecule has 2 aliphatic rings. The molecule has 0 bridgehead atoms. The van der Waals surface area contributed by atoms with Crippen molar-refractivity contribution >= 4 is 40.4 Å². The summed E-state index contributed by atoms with van der Waals surface area (Å²) < 4.78 is 27.1. The van der Waals surface area contributed by atoms with E-state index in [0.29, 0.717) is 35.7 Å². The molecule has 0 aromatic carbocycles. The molecule has 0 unspecified atom stereocenters. The van der Waals surface area contributed by atoms with Crippen LogP contribution in [0.3, 0.4) is 0 Å². The largest absolute Gasteiger partial charge is 0.379 e. The number of carbonyl (C=O) groups excluding carboxylic acids is 2. The van der Waals surface area contributed by atoms with E-state index < -0.39 is 12.0 Å². The van der Waals surface area contributed by atoms with Crippen LogP contribution < -0.4 is 16.0 Å². The molecule has 0 radical (unpaired) electrons. The standard InChI is InChI=1S/C24H29ClF2N4O2S/c1-14-19(11-16(25)12-28-14)29-13-18-4-5-21(34-18)23(33)31-20(22(32)30-17-2-3-17)10-15-6-8-24(26,27)9-7-15/h4-5,11-12,15,17,20,29H,2-3,6-10,13H2,1H3,(H,30,32)(H,31,33)/t20-/m0/s1. The van der Waals surface area contributed by atoms with E-state index in [2.05, 4.69) is 20.9 Å². The Morgan fingerprint density at radius 1 is 1.24 bits per heavy atom. The average molecular weight is 511 g/mol. The van der Waals surface area contributed by atoms with Gasteiger partial charge >= 0.3 is 0 Å². The van der Waals surface area contributed by atoms with Gasteiger partial charge in [0.15, 0.2) is 0 Å². The summed E-state index contributed by atoms with van der Waals surface area (Å²) in [6.07, 6.45) is 4.24. The van der Waals surface area contributed by atoms with Crippen molar-refractivity contribution in [3.8, 4) is 0 Å². The average Bonchev–Trinajstić information content (AvgIpc) is 3.47. The predicted molar refractivity (Wildman–Crippen MR) is 130 cm³/mol. The number of thiophene rings is 1. The fourth-order valence-corrected chi connectivity index (χ4v) is 5.13. The molecule has 3 N–H and O–H groups in total. The van der Waals surface area contributed by atoms with Crippen LogP contribution in [0.4, 0.5) is 14.5 Å². The van der Waals surface area contributed by atoms with Gasteiger partial charge in [0.25, 0.3) is 5.91 Å². The molecule has 0 aliphatic heterocycles. The lowest BCUT2D eigenvalue weighted by Crippen LogP contribution is -2.48. The molecule has 2 fully saturated rings. The van der Waals surface area contributed by atoms with E-state index in [1.807, 2.05) is 13.0 Å². The summed E-state index contributed by atoms with van der Waals surface area (Å²) in [6, 6.07) is 4.83. The third-order valence-corrected chi connectivity index (χ3v) is 7.63. The summed E-state index contributed by atoms with van der Waals surface area (Å²) in [6.45, 7) is 2.38. The highest BCUT2D eigenvalue weighted by atomic mass is 35.5. The van der Waals surface area contributed by atoms with Gasteiger partial charge in [-0.2, -0.15) is 0 Å². The van der Waals surface area contributed by atoms with Crippen LogP contribution in [0.25, 0.3) is 0 Å². The Hall–Kier alpha value is -2.26. The molecule has 2 saturated carbocycles. The number of amides is 2. The summed E-state index contributed by atoms with van der Waals surface area (Å²) in [4.78, 5) is 31.4. The lowest BCUT2D eigenvalue weighted by Gasteiger charge is -2.30. The maximum atomic E-state index is 13.5. The first-order valence-electron chi connectivity index (χ1n) is 11.6. The van der Waals surface area contributed by atoms with Crippen molar-refractivity contribution in [3.63, 3.8) is 0 Å². The number of halogens is 3. The van der Waals surface area contributed by atoms with Gasteiger partial charge in [-0.1, -0.05) is 11.6 Å². The third-order valence-electron chi connectivity index (χ3n) is 6.34. The first kappa shape index (κ1) is 24.9. The Balaban J connectivity index is 1.36. The number of hydrogen-bond acceptors (Lipinski definition) is 5. The second-order valence-corrected chi connectivity index (χ2v) is 10.9. The monoisotopic (exact) mass is 510 g/mol. The van der Waals surface area contributed by atoms with Crippen molar-refractivity contribution in [1.82, 2.24) is 15.6 Å². The molecule has 2 amide bonds. The first-order valence-corrected chi connectivity index (χ1v) is 12.8. The minimum absolute atomic E-state index is 0.00693. The van der Waals surface area contributed by atoms with E-state index >= 15 is 0 Å². The maximum absolute atomic E-state index is 13.5. The molecular weight excluding hydrogens is 482 g/mol. The second kappa shape index (κ2) is 10.6. The summed E-state index contributed by atoms with van der Waals surface area (Å²) in [5.41, 5.74) is 1.64. The predicted octanol–water partition coefficient (Wildman–Crippen LogP) is 5.31. The quantitative estimate of drug-likeness (QED) is 0.427. The zero-order chi connectivity index (χ0) is 24.3. The van der Waals surface area contributed by atoms with Gasteiger partial charge in [-0.3, -0.25) is 14.6 Å². The van der Waals surface area contributed by atoms with Crippen molar-refractivity contribution in [2.75, 3.05) is 5.32 Å². The van der Waals surface area contributed by atoms with Crippen LogP contribution >= 0.6 is 22.9 Å². The number of nitrogens with one attached hydrogen (secondary N) is 3. The minimum atomic E-state index is -2.62. The van der Waals surface area contributed by atoms with Crippen molar-refractivity contribution in [2.45, 2.75) is 76.4 Å². The zero-order valence-electron chi connectivity index (χ0n) is 19.0. The number of aryl methyl sites for hydroxylation is 1. The van der Waals surface area contributed by atoms with Gasteiger partial charge in [-0.15, -0.1) is 11.3 Å². The number of nitrogens with zero attached hydrogens (tertiary/aromatic N) is 1. The smallest absolute Gasteiger partial charge is 0.262 e. The Morgan fingerprint density at radius 3 is 2.68 bits per heavy atom. The van der Waals surface area contributed by atoms with E-state index in [1.165, 1.54) is 11.3 Å². The van der Waals surface area contributed by atoms with E-state index in [1.54, 1.807) is 18.3 Å². The molecule has 2 heterocycles. The highest BCUT2D eigenvalue weighted by molar-refractivity contribution is 7.14. The Bertz CT molecular complexity index is 1030. The summed E-state index contributed by atoms with van der Waals surface area (Å²) in [5.74, 6) is -3.18.